The van der Waals surface area contributed by atoms with Gasteiger partial charge in [-0.3, -0.25) is 9.59 Å². The summed E-state index contributed by atoms with van der Waals surface area (Å²) < 4.78 is 0. The Bertz CT molecular complexity index is 804. The summed E-state index contributed by atoms with van der Waals surface area (Å²) in [6.45, 7) is 5.87. The number of carbonyl (C=O) groups excluding carboxylic acids is 2. The van der Waals surface area contributed by atoms with Gasteiger partial charge in [0.1, 0.15) is 0 Å². The minimum Gasteiger partial charge on any atom is -0.346 e. The summed E-state index contributed by atoms with van der Waals surface area (Å²) >= 11 is 1.51. The Morgan fingerprint density at radius 1 is 1.25 bits per heavy atom. The van der Waals surface area contributed by atoms with Gasteiger partial charge in [0, 0.05) is 10.5 Å². The van der Waals surface area contributed by atoms with E-state index in [1.54, 1.807) is 12.1 Å². The molecule has 0 fully saturated rings. The maximum atomic E-state index is 12.5. The summed E-state index contributed by atoms with van der Waals surface area (Å²) in [5.41, 5.74) is 3.50. The molecule has 2 aromatic rings. The smallest absolute Gasteiger partial charge is 0.251 e. The van der Waals surface area contributed by atoms with E-state index in [9.17, 15) is 9.59 Å². The van der Waals surface area contributed by atoms with Crippen molar-refractivity contribution in [3.05, 3.63) is 59.2 Å². The highest BCUT2D eigenvalue weighted by Gasteiger charge is 2.24. The number of thioether (sulfide) groups is 1. The lowest BCUT2D eigenvalue weighted by molar-refractivity contribution is -0.115. The lowest BCUT2D eigenvalue weighted by atomic mass is 10.0. The van der Waals surface area contributed by atoms with E-state index in [-0.39, 0.29) is 23.1 Å². The molecule has 124 valence electrons. The highest BCUT2D eigenvalue weighted by molar-refractivity contribution is 8.00. The van der Waals surface area contributed by atoms with E-state index in [2.05, 4.69) is 10.6 Å². The van der Waals surface area contributed by atoms with E-state index in [4.69, 9.17) is 0 Å². The first-order chi connectivity index (χ1) is 11.5. The highest BCUT2D eigenvalue weighted by atomic mass is 32.2. The molecular formula is C19H20N2O2S. The molecule has 0 saturated carbocycles. The molecule has 0 saturated heterocycles. The molecule has 2 N–H and O–H groups in total. The summed E-state index contributed by atoms with van der Waals surface area (Å²) in [6.07, 6.45) is 0. The molecule has 4 nitrogen and oxygen atoms in total. The molecule has 24 heavy (non-hydrogen) atoms. The van der Waals surface area contributed by atoms with Crippen LogP contribution in [0.5, 0.6) is 0 Å². The van der Waals surface area contributed by atoms with Crippen LogP contribution in [0.15, 0.2) is 47.4 Å². The zero-order chi connectivity index (χ0) is 17.3. The van der Waals surface area contributed by atoms with Gasteiger partial charge < -0.3 is 10.6 Å². The van der Waals surface area contributed by atoms with Crippen LogP contribution >= 0.6 is 11.8 Å². The van der Waals surface area contributed by atoms with Gasteiger partial charge in [0.05, 0.1) is 17.0 Å². The number of benzene rings is 2. The first-order valence-electron chi connectivity index (χ1n) is 7.93. The third-order valence-corrected chi connectivity index (χ3v) is 5.35. The van der Waals surface area contributed by atoms with E-state index < -0.39 is 0 Å². The Hall–Kier alpha value is -2.27. The van der Waals surface area contributed by atoms with Gasteiger partial charge >= 0.3 is 0 Å². The van der Waals surface area contributed by atoms with Gasteiger partial charge in [-0.1, -0.05) is 24.3 Å². The number of hydrogen-bond acceptors (Lipinski definition) is 3. The summed E-state index contributed by atoms with van der Waals surface area (Å²) in [4.78, 5) is 25.3. The van der Waals surface area contributed by atoms with Crippen LogP contribution in [0, 0.1) is 6.92 Å². The predicted octanol–water partition coefficient (Wildman–Crippen LogP) is 3.92. The molecule has 2 unspecified atom stereocenters. The fourth-order valence-corrected chi connectivity index (χ4v) is 3.71. The minimum absolute atomic E-state index is 0.0293. The van der Waals surface area contributed by atoms with Crippen molar-refractivity contribution in [3.8, 4) is 0 Å². The van der Waals surface area contributed by atoms with Gasteiger partial charge in [-0.05, 0) is 50.1 Å². The number of carbonyl (C=O) groups is 2. The molecule has 2 atom stereocenters. The SMILES string of the molecule is Cc1ccccc1C(C)NC(=O)c1ccc2c(c1)NC(=O)C(C)S2. The Kier molecular flexibility index (Phi) is 4.62. The third-order valence-electron chi connectivity index (χ3n) is 4.18. The molecule has 0 radical (unpaired) electrons. The largest absolute Gasteiger partial charge is 0.346 e. The fraction of sp³-hybridized carbons (Fsp3) is 0.263. The van der Waals surface area contributed by atoms with Crippen LogP contribution in [-0.2, 0) is 4.79 Å². The molecule has 2 amide bonds. The first kappa shape index (κ1) is 16.6. The van der Waals surface area contributed by atoms with E-state index in [0.717, 1.165) is 16.0 Å². The lowest BCUT2D eigenvalue weighted by Gasteiger charge is -2.22. The molecule has 0 bridgehead atoms. The molecule has 2 aromatic carbocycles. The molecule has 1 aliphatic rings. The fourth-order valence-electron chi connectivity index (χ4n) is 2.78. The molecule has 1 aliphatic heterocycles. The van der Waals surface area contributed by atoms with Crippen molar-refractivity contribution in [1.29, 1.82) is 0 Å². The van der Waals surface area contributed by atoms with Crippen LogP contribution in [0.1, 0.15) is 41.4 Å². The number of rotatable bonds is 3. The summed E-state index contributed by atoms with van der Waals surface area (Å²) in [5.74, 6) is -0.176. The first-order valence-corrected chi connectivity index (χ1v) is 8.81. The molecule has 5 heteroatoms. The average Bonchev–Trinajstić information content (AvgIpc) is 2.55. The van der Waals surface area contributed by atoms with Crippen LogP contribution in [0.25, 0.3) is 0 Å². The summed E-state index contributed by atoms with van der Waals surface area (Å²) in [5, 5.41) is 5.77. The van der Waals surface area contributed by atoms with Gasteiger partial charge in [0.2, 0.25) is 5.91 Å². The molecular weight excluding hydrogens is 320 g/mol. The Morgan fingerprint density at radius 2 is 2.00 bits per heavy atom. The number of hydrogen-bond donors (Lipinski definition) is 2. The number of anilines is 1. The predicted molar refractivity (Wildman–Crippen MR) is 97.5 cm³/mol. The second-order valence-corrected chi connectivity index (χ2v) is 7.39. The van der Waals surface area contributed by atoms with Gasteiger partial charge in [0.25, 0.3) is 5.91 Å². The van der Waals surface area contributed by atoms with E-state index in [1.165, 1.54) is 11.8 Å². The third kappa shape index (κ3) is 3.31. The average molecular weight is 340 g/mol. The standard InChI is InChI=1S/C19H20N2O2S/c1-11-6-4-5-7-15(11)12(2)20-19(23)14-8-9-17-16(10-14)21-18(22)13(3)24-17/h4-10,12-13H,1-3H3,(H,20,23)(H,21,22). The molecule has 3 rings (SSSR count). The number of amides is 2. The van der Waals surface area contributed by atoms with Crippen molar-refractivity contribution in [2.24, 2.45) is 0 Å². The molecule has 0 aromatic heterocycles. The normalized spacial score (nSPS) is 17.6. The minimum atomic E-state index is -0.147. The van der Waals surface area contributed by atoms with Crippen molar-refractivity contribution < 1.29 is 9.59 Å². The maximum absolute atomic E-state index is 12.5. The summed E-state index contributed by atoms with van der Waals surface area (Å²) in [7, 11) is 0. The Morgan fingerprint density at radius 3 is 2.75 bits per heavy atom. The highest BCUT2D eigenvalue weighted by Crippen LogP contribution is 2.36. The van der Waals surface area contributed by atoms with Crippen molar-refractivity contribution in [2.45, 2.75) is 37.0 Å². The zero-order valence-electron chi connectivity index (χ0n) is 13.9. The lowest BCUT2D eigenvalue weighted by Crippen LogP contribution is -2.29. The second kappa shape index (κ2) is 6.69. The Labute approximate surface area is 146 Å². The van der Waals surface area contributed by atoms with Gasteiger partial charge in [-0.2, -0.15) is 0 Å². The second-order valence-electron chi connectivity index (χ2n) is 6.01. The van der Waals surface area contributed by atoms with E-state index in [1.807, 2.05) is 51.1 Å². The van der Waals surface area contributed by atoms with Gasteiger partial charge in [-0.15, -0.1) is 11.8 Å². The van der Waals surface area contributed by atoms with Crippen LogP contribution in [0.2, 0.25) is 0 Å². The van der Waals surface area contributed by atoms with Crippen LogP contribution in [-0.4, -0.2) is 17.1 Å². The van der Waals surface area contributed by atoms with Crippen LogP contribution < -0.4 is 10.6 Å². The number of fused-ring (bicyclic) bond motifs is 1. The van der Waals surface area contributed by atoms with Crippen LogP contribution in [0.3, 0.4) is 0 Å². The van der Waals surface area contributed by atoms with Crippen molar-refractivity contribution in [1.82, 2.24) is 5.32 Å². The number of nitrogens with one attached hydrogen (secondary N) is 2. The molecule has 1 heterocycles. The van der Waals surface area contributed by atoms with Crippen molar-refractivity contribution in [2.75, 3.05) is 5.32 Å². The Balaban J connectivity index is 1.78. The monoisotopic (exact) mass is 340 g/mol. The van der Waals surface area contributed by atoms with E-state index in [0.29, 0.717) is 11.3 Å². The topological polar surface area (TPSA) is 58.2 Å². The van der Waals surface area contributed by atoms with Crippen molar-refractivity contribution in [3.63, 3.8) is 0 Å². The quantitative estimate of drug-likeness (QED) is 0.890. The summed E-state index contributed by atoms with van der Waals surface area (Å²) in [6, 6.07) is 13.4. The molecule has 0 aliphatic carbocycles. The number of aryl methyl sites for hydroxylation is 1. The van der Waals surface area contributed by atoms with Gasteiger partial charge in [0.15, 0.2) is 0 Å². The van der Waals surface area contributed by atoms with Crippen molar-refractivity contribution >= 4 is 29.3 Å². The van der Waals surface area contributed by atoms with E-state index >= 15 is 0 Å². The molecule has 0 spiro atoms. The zero-order valence-corrected chi connectivity index (χ0v) is 14.7. The van der Waals surface area contributed by atoms with Gasteiger partial charge in [-0.25, -0.2) is 0 Å². The maximum Gasteiger partial charge on any atom is 0.251 e. The van der Waals surface area contributed by atoms with Crippen LogP contribution in [0.4, 0.5) is 5.69 Å².